The summed E-state index contributed by atoms with van der Waals surface area (Å²) >= 11 is 0. The highest BCUT2D eigenvalue weighted by molar-refractivity contribution is 5.37. The van der Waals surface area contributed by atoms with Crippen molar-refractivity contribution >= 4 is 0 Å². The number of nitrogens with zero attached hydrogens (tertiary/aromatic N) is 1. The second-order valence-corrected chi connectivity index (χ2v) is 5.77. The van der Waals surface area contributed by atoms with Gasteiger partial charge >= 0.3 is 0 Å². The lowest BCUT2D eigenvalue weighted by atomic mass is 10.00. The minimum Gasteiger partial charge on any atom is -0.311 e. The molecular formula is C16H26N2. The van der Waals surface area contributed by atoms with Crippen molar-refractivity contribution in [2.24, 2.45) is 0 Å². The Kier molecular flexibility index (Phi) is 4.41. The van der Waals surface area contributed by atoms with Crippen molar-refractivity contribution in [2.75, 3.05) is 20.1 Å². The molecule has 1 aliphatic rings. The molecule has 0 unspecified atom stereocenters. The number of aryl methyl sites for hydroxylation is 3. The fraction of sp³-hybridized carbons (Fsp3) is 0.625. The summed E-state index contributed by atoms with van der Waals surface area (Å²) in [5.41, 5.74) is 5.66. The molecule has 1 aromatic carbocycles. The number of benzene rings is 1. The van der Waals surface area contributed by atoms with Crippen molar-refractivity contribution in [2.45, 2.75) is 46.2 Å². The van der Waals surface area contributed by atoms with Crippen molar-refractivity contribution in [1.29, 1.82) is 0 Å². The molecule has 0 aliphatic heterocycles. The van der Waals surface area contributed by atoms with E-state index in [4.69, 9.17) is 0 Å². The fourth-order valence-corrected chi connectivity index (χ4v) is 2.66. The number of likely N-dealkylation sites (N-methyl/N-ethyl adjacent to an activating group) is 1. The topological polar surface area (TPSA) is 15.3 Å². The lowest BCUT2D eigenvalue weighted by molar-refractivity contribution is 0.321. The Labute approximate surface area is 111 Å². The maximum absolute atomic E-state index is 3.57. The van der Waals surface area contributed by atoms with Crippen molar-refractivity contribution in [3.8, 4) is 0 Å². The largest absolute Gasteiger partial charge is 0.311 e. The maximum Gasteiger partial charge on any atom is 0.0211 e. The molecule has 0 aromatic heterocycles. The van der Waals surface area contributed by atoms with Crippen molar-refractivity contribution in [1.82, 2.24) is 10.2 Å². The molecular weight excluding hydrogens is 220 g/mol. The van der Waals surface area contributed by atoms with Crippen LogP contribution >= 0.6 is 0 Å². The first-order valence-electron chi connectivity index (χ1n) is 7.05. The average Bonchev–Trinajstić information content (AvgIpc) is 3.10. The zero-order valence-electron chi connectivity index (χ0n) is 12.2. The monoisotopic (exact) mass is 246 g/mol. The highest BCUT2D eigenvalue weighted by atomic mass is 15.2. The van der Waals surface area contributed by atoms with Gasteiger partial charge in [0, 0.05) is 25.7 Å². The first-order valence-corrected chi connectivity index (χ1v) is 7.05. The molecule has 0 heterocycles. The third-order valence-corrected chi connectivity index (χ3v) is 3.95. The second kappa shape index (κ2) is 5.85. The van der Waals surface area contributed by atoms with Gasteiger partial charge in [-0.05, 0) is 57.4 Å². The van der Waals surface area contributed by atoms with Crippen LogP contribution in [0, 0.1) is 20.8 Å². The summed E-state index contributed by atoms with van der Waals surface area (Å²) in [6.07, 6.45) is 2.79. The second-order valence-electron chi connectivity index (χ2n) is 5.77. The first-order chi connectivity index (χ1) is 8.58. The predicted octanol–water partition coefficient (Wildman–Crippen LogP) is 2.80. The van der Waals surface area contributed by atoms with E-state index in [0.717, 1.165) is 25.7 Å². The van der Waals surface area contributed by atoms with Crippen LogP contribution in [-0.4, -0.2) is 31.1 Å². The smallest absolute Gasteiger partial charge is 0.0211 e. The van der Waals surface area contributed by atoms with Gasteiger partial charge in [0.1, 0.15) is 0 Å². The van der Waals surface area contributed by atoms with Crippen LogP contribution in [0.3, 0.4) is 0 Å². The number of rotatable bonds is 6. The molecule has 0 amide bonds. The molecule has 1 aromatic rings. The SMILES string of the molecule is Cc1cc(C)c(CNCCN(C)C2CC2)c(C)c1. The van der Waals surface area contributed by atoms with Gasteiger partial charge in [0.05, 0.1) is 0 Å². The van der Waals surface area contributed by atoms with E-state index in [1.807, 2.05) is 0 Å². The molecule has 1 fully saturated rings. The van der Waals surface area contributed by atoms with Crippen LogP contribution < -0.4 is 5.32 Å². The quantitative estimate of drug-likeness (QED) is 0.777. The molecule has 2 heteroatoms. The molecule has 0 saturated heterocycles. The summed E-state index contributed by atoms with van der Waals surface area (Å²) in [6, 6.07) is 5.43. The third-order valence-electron chi connectivity index (χ3n) is 3.95. The Morgan fingerprint density at radius 3 is 2.33 bits per heavy atom. The van der Waals surface area contributed by atoms with Crippen LogP contribution in [0.2, 0.25) is 0 Å². The highest BCUT2D eigenvalue weighted by Crippen LogP contribution is 2.24. The summed E-state index contributed by atoms with van der Waals surface area (Å²) in [5.74, 6) is 0. The van der Waals surface area contributed by atoms with E-state index in [2.05, 4.69) is 50.2 Å². The fourth-order valence-electron chi connectivity index (χ4n) is 2.66. The van der Waals surface area contributed by atoms with Crippen molar-refractivity contribution < 1.29 is 0 Å². The number of hydrogen-bond acceptors (Lipinski definition) is 2. The van der Waals surface area contributed by atoms with E-state index in [9.17, 15) is 0 Å². The standard InChI is InChI=1S/C16H26N2/c1-12-9-13(2)16(14(3)10-12)11-17-7-8-18(4)15-5-6-15/h9-10,15,17H,5-8,11H2,1-4H3. The van der Waals surface area contributed by atoms with E-state index >= 15 is 0 Å². The van der Waals surface area contributed by atoms with Gasteiger partial charge in [-0.25, -0.2) is 0 Å². The zero-order chi connectivity index (χ0) is 13.1. The van der Waals surface area contributed by atoms with Crippen LogP contribution in [-0.2, 0) is 6.54 Å². The molecule has 0 atom stereocenters. The van der Waals surface area contributed by atoms with Gasteiger partial charge < -0.3 is 10.2 Å². The van der Waals surface area contributed by atoms with E-state index in [1.54, 1.807) is 0 Å². The molecule has 18 heavy (non-hydrogen) atoms. The van der Waals surface area contributed by atoms with Crippen LogP contribution in [0.4, 0.5) is 0 Å². The van der Waals surface area contributed by atoms with Crippen molar-refractivity contribution in [3.63, 3.8) is 0 Å². The first kappa shape index (κ1) is 13.6. The number of nitrogens with one attached hydrogen (secondary N) is 1. The lowest BCUT2D eigenvalue weighted by Gasteiger charge is -2.17. The van der Waals surface area contributed by atoms with Crippen LogP contribution in [0.15, 0.2) is 12.1 Å². The molecule has 0 radical (unpaired) electrons. The van der Waals surface area contributed by atoms with Crippen LogP contribution in [0.25, 0.3) is 0 Å². The predicted molar refractivity (Wildman–Crippen MR) is 78.0 cm³/mol. The molecule has 2 nitrogen and oxygen atoms in total. The number of hydrogen-bond donors (Lipinski definition) is 1. The minimum absolute atomic E-state index is 0.870. The molecule has 1 saturated carbocycles. The summed E-state index contributed by atoms with van der Waals surface area (Å²) in [4.78, 5) is 2.47. The third kappa shape index (κ3) is 3.56. The van der Waals surface area contributed by atoms with Crippen LogP contribution in [0.5, 0.6) is 0 Å². The van der Waals surface area contributed by atoms with Gasteiger partial charge in [-0.1, -0.05) is 17.7 Å². The van der Waals surface area contributed by atoms with E-state index < -0.39 is 0 Å². The van der Waals surface area contributed by atoms with Gasteiger partial charge in [0.15, 0.2) is 0 Å². The molecule has 1 aliphatic carbocycles. The molecule has 100 valence electrons. The Hall–Kier alpha value is -0.860. The molecule has 1 N–H and O–H groups in total. The van der Waals surface area contributed by atoms with Crippen LogP contribution in [0.1, 0.15) is 35.1 Å². The highest BCUT2D eigenvalue weighted by Gasteiger charge is 2.25. The summed E-state index contributed by atoms with van der Waals surface area (Å²) in [6.45, 7) is 9.84. The Morgan fingerprint density at radius 2 is 1.78 bits per heavy atom. The normalized spacial score (nSPS) is 15.4. The summed E-state index contributed by atoms with van der Waals surface area (Å²) < 4.78 is 0. The molecule has 0 spiro atoms. The average molecular weight is 246 g/mol. The van der Waals surface area contributed by atoms with E-state index in [0.29, 0.717) is 0 Å². The summed E-state index contributed by atoms with van der Waals surface area (Å²) in [5, 5.41) is 3.57. The van der Waals surface area contributed by atoms with E-state index in [-0.39, 0.29) is 0 Å². The minimum atomic E-state index is 0.870. The summed E-state index contributed by atoms with van der Waals surface area (Å²) in [7, 11) is 2.24. The van der Waals surface area contributed by atoms with Gasteiger partial charge in [0.2, 0.25) is 0 Å². The Bertz CT molecular complexity index is 385. The Morgan fingerprint density at radius 1 is 1.17 bits per heavy atom. The van der Waals surface area contributed by atoms with Gasteiger partial charge in [-0.15, -0.1) is 0 Å². The molecule has 0 bridgehead atoms. The van der Waals surface area contributed by atoms with Gasteiger partial charge in [-0.2, -0.15) is 0 Å². The lowest BCUT2D eigenvalue weighted by Crippen LogP contribution is -2.30. The van der Waals surface area contributed by atoms with E-state index in [1.165, 1.54) is 35.1 Å². The Balaban J connectivity index is 1.79. The zero-order valence-corrected chi connectivity index (χ0v) is 12.2. The van der Waals surface area contributed by atoms with Gasteiger partial charge in [-0.3, -0.25) is 0 Å². The van der Waals surface area contributed by atoms with Crippen molar-refractivity contribution in [3.05, 3.63) is 34.4 Å². The van der Waals surface area contributed by atoms with Gasteiger partial charge in [0.25, 0.3) is 0 Å². The molecule has 2 rings (SSSR count). The maximum atomic E-state index is 3.57.